The summed E-state index contributed by atoms with van der Waals surface area (Å²) in [6.07, 6.45) is 4.48. The lowest BCUT2D eigenvalue weighted by Crippen LogP contribution is -2.44. The predicted molar refractivity (Wildman–Crippen MR) is 61.0 cm³/mol. The fourth-order valence-electron chi connectivity index (χ4n) is 3.18. The Balaban J connectivity index is 2.27. The Hall–Kier alpha value is -0.670. The highest BCUT2D eigenvalue weighted by Gasteiger charge is 2.57. The summed E-state index contributed by atoms with van der Waals surface area (Å²) >= 11 is 0. The van der Waals surface area contributed by atoms with Crippen molar-refractivity contribution in [3.05, 3.63) is 12.2 Å². The summed E-state index contributed by atoms with van der Waals surface area (Å²) in [7, 11) is 0. The first-order valence-electron chi connectivity index (χ1n) is 5.88. The first-order chi connectivity index (χ1) is 7.36. The summed E-state index contributed by atoms with van der Waals surface area (Å²) in [6.45, 7) is 6.49. The van der Waals surface area contributed by atoms with E-state index < -0.39 is 6.10 Å². The zero-order chi connectivity index (χ0) is 12.0. The van der Waals surface area contributed by atoms with Crippen LogP contribution in [0.3, 0.4) is 0 Å². The maximum Gasteiger partial charge on any atom is 0.136 e. The molecule has 0 amide bonds. The fourth-order valence-corrected chi connectivity index (χ4v) is 3.18. The van der Waals surface area contributed by atoms with Crippen LogP contribution < -0.4 is 0 Å². The van der Waals surface area contributed by atoms with E-state index in [2.05, 4.69) is 6.92 Å². The molecule has 1 heterocycles. The monoisotopic (exact) mass is 224 g/mol. The van der Waals surface area contributed by atoms with Gasteiger partial charge < -0.3 is 9.84 Å². The Bertz CT molecular complexity index is 312. The lowest BCUT2D eigenvalue weighted by atomic mass is 9.63. The van der Waals surface area contributed by atoms with Gasteiger partial charge in [0, 0.05) is 24.2 Å². The first-order valence-corrected chi connectivity index (χ1v) is 5.88. The van der Waals surface area contributed by atoms with Crippen molar-refractivity contribution in [3.63, 3.8) is 0 Å². The lowest BCUT2D eigenvalue weighted by Gasteiger charge is -2.39. The minimum atomic E-state index is -0.441. The van der Waals surface area contributed by atoms with Crippen molar-refractivity contribution in [1.82, 2.24) is 0 Å². The molecule has 3 nitrogen and oxygen atoms in total. The zero-order valence-corrected chi connectivity index (χ0v) is 10.2. The Morgan fingerprint density at radius 3 is 2.75 bits per heavy atom. The van der Waals surface area contributed by atoms with Crippen LogP contribution in [0, 0.1) is 11.3 Å². The highest BCUT2D eigenvalue weighted by atomic mass is 16.5. The Morgan fingerprint density at radius 2 is 2.19 bits per heavy atom. The minimum absolute atomic E-state index is 0.0878. The Morgan fingerprint density at radius 1 is 1.50 bits per heavy atom. The third kappa shape index (κ3) is 1.82. The molecule has 1 saturated carbocycles. The van der Waals surface area contributed by atoms with E-state index in [0.717, 1.165) is 0 Å². The van der Waals surface area contributed by atoms with Crippen LogP contribution in [0.15, 0.2) is 12.2 Å². The van der Waals surface area contributed by atoms with Gasteiger partial charge in [-0.15, -0.1) is 0 Å². The molecule has 1 saturated heterocycles. The molecular weight excluding hydrogens is 204 g/mol. The van der Waals surface area contributed by atoms with Gasteiger partial charge in [-0.25, -0.2) is 0 Å². The highest BCUT2D eigenvalue weighted by Crippen LogP contribution is 2.53. The molecule has 1 aliphatic carbocycles. The van der Waals surface area contributed by atoms with Gasteiger partial charge in [0.05, 0.1) is 18.3 Å². The number of hydrogen-bond donors (Lipinski definition) is 1. The molecule has 0 aromatic carbocycles. The molecule has 2 aliphatic rings. The summed E-state index contributed by atoms with van der Waals surface area (Å²) < 4.78 is 5.83. The van der Waals surface area contributed by atoms with E-state index in [1.54, 1.807) is 13.0 Å². The number of fused-ring (bicyclic) bond motifs is 2. The van der Waals surface area contributed by atoms with Crippen LogP contribution >= 0.6 is 0 Å². The molecule has 2 fully saturated rings. The second-order valence-corrected chi connectivity index (χ2v) is 5.75. The second-order valence-electron chi connectivity index (χ2n) is 5.75. The third-order valence-corrected chi connectivity index (χ3v) is 3.87. The predicted octanol–water partition coefficient (Wildman–Crippen LogP) is 1.70. The van der Waals surface area contributed by atoms with Crippen molar-refractivity contribution < 1.29 is 14.6 Å². The minimum Gasteiger partial charge on any atom is -0.389 e. The normalized spacial score (nSPS) is 45.2. The van der Waals surface area contributed by atoms with Crippen molar-refractivity contribution in [1.29, 1.82) is 0 Å². The van der Waals surface area contributed by atoms with Crippen LogP contribution in [0.4, 0.5) is 0 Å². The van der Waals surface area contributed by atoms with Crippen molar-refractivity contribution in [2.75, 3.05) is 6.61 Å². The van der Waals surface area contributed by atoms with E-state index in [9.17, 15) is 9.90 Å². The summed E-state index contributed by atoms with van der Waals surface area (Å²) in [4.78, 5) is 11.7. The number of rotatable bonds is 2. The molecule has 0 unspecified atom stereocenters. The maximum absolute atomic E-state index is 11.7. The van der Waals surface area contributed by atoms with Crippen molar-refractivity contribution in [3.8, 4) is 0 Å². The Kier molecular flexibility index (Phi) is 2.71. The molecular formula is C13H20O3. The van der Waals surface area contributed by atoms with Crippen LogP contribution in [-0.4, -0.2) is 29.2 Å². The SMILES string of the molecule is C[C@@H](O)/C=C/[C@@H]1[C@@]2(C)CO[C@]1(C)CC(=O)C2. The van der Waals surface area contributed by atoms with Gasteiger partial charge in [-0.1, -0.05) is 19.1 Å². The molecule has 90 valence electrons. The van der Waals surface area contributed by atoms with Gasteiger partial charge in [0.2, 0.25) is 0 Å². The lowest BCUT2D eigenvalue weighted by molar-refractivity contribution is -0.128. The van der Waals surface area contributed by atoms with Gasteiger partial charge in [-0.05, 0) is 13.8 Å². The van der Waals surface area contributed by atoms with E-state index in [1.807, 2.05) is 13.0 Å². The van der Waals surface area contributed by atoms with Crippen LogP contribution in [0.1, 0.15) is 33.6 Å². The summed E-state index contributed by atoms with van der Waals surface area (Å²) in [6, 6.07) is 0. The second kappa shape index (κ2) is 3.67. The average Bonchev–Trinajstić information content (AvgIpc) is 2.27. The molecule has 0 aromatic rings. The molecule has 2 bridgehead atoms. The average molecular weight is 224 g/mol. The van der Waals surface area contributed by atoms with Crippen LogP contribution in [-0.2, 0) is 9.53 Å². The molecule has 0 radical (unpaired) electrons. The summed E-state index contributed by atoms with van der Waals surface area (Å²) in [5.74, 6) is 0.525. The van der Waals surface area contributed by atoms with Crippen molar-refractivity contribution in [2.24, 2.45) is 11.3 Å². The van der Waals surface area contributed by atoms with Gasteiger partial charge in [-0.3, -0.25) is 4.79 Å². The standard InChI is InChI=1S/C13H20O3/c1-9(14)4-5-11-12(2)6-10(15)7-13(11,3)16-8-12/h4-5,9,11,14H,6-8H2,1-3H3/b5-4+/t9-,11-,12-,13-/m1/s1. The number of Topliss-reactive ketones (excluding diaryl/α,β-unsaturated/α-hetero) is 1. The van der Waals surface area contributed by atoms with Crippen LogP contribution in [0.2, 0.25) is 0 Å². The first kappa shape index (κ1) is 11.8. The highest BCUT2D eigenvalue weighted by molar-refractivity contribution is 5.82. The van der Waals surface area contributed by atoms with Crippen molar-refractivity contribution in [2.45, 2.75) is 45.3 Å². The molecule has 3 heteroatoms. The van der Waals surface area contributed by atoms with E-state index >= 15 is 0 Å². The quantitative estimate of drug-likeness (QED) is 0.726. The zero-order valence-electron chi connectivity index (χ0n) is 10.2. The topological polar surface area (TPSA) is 46.5 Å². The summed E-state index contributed by atoms with van der Waals surface area (Å²) in [5, 5.41) is 9.30. The smallest absolute Gasteiger partial charge is 0.136 e. The number of ether oxygens (including phenoxy) is 1. The molecule has 2 rings (SSSR count). The molecule has 16 heavy (non-hydrogen) atoms. The van der Waals surface area contributed by atoms with Crippen LogP contribution in [0.5, 0.6) is 0 Å². The number of hydrogen-bond acceptors (Lipinski definition) is 3. The number of aliphatic hydroxyl groups excluding tert-OH is 1. The number of carbonyl (C=O) groups is 1. The van der Waals surface area contributed by atoms with Gasteiger partial charge in [0.15, 0.2) is 0 Å². The van der Waals surface area contributed by atoms with E-state index in [-0.39, 0.29) is 16.9 Å². The van der Waals surface area contributed by atoms with Gasteiger partial charge >= 0.3 is 0 Å². The molecule has 0 aromatic heterocycles. The molecule has 0 spiro atoms. The van der Waals surface area contributed by atoms with Gasteiger partial charge in [0.1, 0.15) is 5.78 Å². The van der Waals surface area contributed by atoms with Crippen molar-refractivity contribution >= 4 is 5.78 Å². The van der Waals surface area contributed by atoms with E-state index in [4.69, 9.17) is 4.74 Å². The molecule has 1 N–H and O–H groups in total. The Labute approximate surface area is 96.5 Å². The number of ketones is 1. The van der Waals surface area contributed by atoms with Gasteiger partial charge in [-0.2, -0.15) is 0 Å². The van der Waals surface area contributed by atoms with E-state index in [1.165, 1.54) is 0 Å². The van der Waals surface area contributed by atoms with E-state index in [0.29, 0.717) is 25.2 Å². The summed E-state index contributed by atoms with van der Waals surface area (Å²) in [5.41, 5.74) is -0.453. The van der Waals surface area contributed by atoms with Crippen LogP contribution in [0.25, 0.3) is 0 Å². The third-order valence-electron chi connectivity index (χ3n) is 3.87. The molecule has 1 aliphatic heterocycles. The largest absolute Gasteiger partial charge is 0.389 e. The van der Waals surface area contributed by atoms with Gasteiger partial charge in [0.25, 0.3) is 0 Å². The fraction of sp³-hybridized carbons (Fsp3) is 0.769. The maximum atomic E-state index is 11.7. The number of carbonyl (C=O) groups excluding carboxylic acids is 1. The number of aliphatic hydroxyl groups is 1. The molecule has 4 atom stereocenters.